The van der Waals surface area contributed by atoms with Crippen LogP contribution in [0.25, 0.3) is 21.3 Å². The Bertz CT molecular complexity index is 177. The number of hydrogen-bond donors (Lipinski definition) is 0. The van der Waals surface area contributed by atoms with Crippen molar-refractivity contribution in [1.82, 2.24) is 0 Å². The van der Waals surface area contributed by atoms with E-state index in [9.17, 15) is 0 Å². The molecular weight excluding hydrogens is 307 g/mol. The van der Waals surface area contributed by atoms with E-state index in [4.69, 9.17) is 0 Å². The summed E-state index contributed by atoms with van der Waals surface area (Å²) in [5, 5.41) is 16.9. The SMILES string of the molecule is CCC(CC(CC)[N-]C)[N-]C.CC[N-]C[N-]C(C)(C)C.[Co]. The van der Waals surface area contributed by atoms with E-state index in [0.717, 1.165) is 25.8 Å². The Labute approximate surface area is 144 Å². The normalized spacial score (nSPS) is 13.7. The molecule has 0 aliphatic rings. The second-order valence-electron chi connectivity index (χ2n) is 5.89. The largest absolute Gasteiger partial charge is 0.681 e. The van der Waals surface area contributed by atoms with Crippen molar-refractivity contribution < 1.29 is 16.8 Å². The molecule has 133 valence electrons. The quantitative estimate of drug-likeness (QED) is 0.500. The maximum atomic E-state index is 4.28. The molecule has 0 spiro atoms. The van der Waals surface area contributed by atoms with Crippen molar-refractivity contribution in [2.75, 3.05) is 27.3 Å². The average molecular weight is 343 g/mol. The van der Waals surface area contributed by atoms with Crippen LogP contribution in [0, 0.1) is 0 Å². The van der Waals surface area contributed by atoms with Crippen LogP contribution in [0.2, 0.25) is 0 Å². The molecule has 0 bridgehead atoms. The van der Waals surface area contributed by atoms with Gasteiger partial charge in [-0.15, -0.1) is 17.6 Å². The van der Waals surface area contributed by atoms with Crippen LogP contribution in [0.5, 0.6) is 0 Å². The van der Waals surface area contributed by atoms with Gasteiger partial charge in [-0.2, -0.15) is 20.6 Å². The Morgan fingerprint density at radius 1 is 0.857 bits per heavy atom. The van der Waals surface area contributed by atoms with E-state index in [1.807, 2.05) is 21.0 Å². The first kappa shape index (κ1) is 26.3. The fourth-order valence-electron chi connectivity index (χ4n) is 1.59. The van der Waals surface area contributed by atoms with Gasteiger partial charge in [-0.25, -0.2) is 0 Å². The van der Waals surface area contributed by atoms with Crippen molar-refractivity contribution in [3.05, 3.63) is 21.3 Å². The third-order valence-corrected chi connectivity index (χ3v) is 3.09. The van der Waals surface area contributed by atoms with Gasteiger partial charge in [0.05, 0.1) is 0 Å². The van der Waals surface area contributed by atoms with Crippen molar-refractivity contribution in [3.63, 3.8) is 0 Å². The Hall–Kier alpha value is 0.346. The molecule has 2 unspecified atom stereocenters. The summed E-state index contributed by atoms with van der Waals surface area (Å²) in [7, 11) is 3.80. The van der Waals surface area contributed by atoms with Gasteiger partial charge >= 0.3 is 0 Å². The first-order chi connectivity index (χ1) is 9.34. The summed E-state index contributed by atoms with van der Waals surface area (Å²) in [5.74, 6) is 0. The molecule has 0 saturated carbocycles. The van der Waals surface area contributed by atoms with E-state index in [0.29, 0.717) is 18.8 Å². The summed E-state index contributed by atoms with van der Waals surface area (Å²) >= 11 is 0. The first-order valence-corrected chi connectivity index (χ1v) is 7.84. The van der Waals surface area contributed by atoms with E-state index < -0.39 is 0 Å². The van der Waals surface area contributed by atoms with Gasteiger partial charge in [0.2, 0.25) is 0 Å². The monoisotopic (exact) mass is 343 g/mol. The fraction of sp³-hybridized carbons (Fsp3) is 1.00. The predicted octanol–water partition coefficient (Wildman–Crippen LogP) is 5.45. The molecule has 21 heavy (non-hydrogen) atoms. The van der Waals surface area contributed by atoms with Crippen molar-refractivity contribution >= 4 is 0 Å². The summed E-state index contributed by atoms with van der Waals surface area (Å²) in [5.41, 5.74) is 0.0820. The molecular formula is C16H36CoN4-4. The van der Waals surface area contributed by atoms with E-state index >= 15 is 0 Å². The van der Waals surface area contributed by atoms with Crippen LogP contribution < -0.4 is 0 Å². The molecule has 2 atom stereocenters. The van der Waals surface area contributed by atoms with Gasteiger partial charge in [-0.05, 0) is 0 Å². The zero-order valence-corrected chi connectivity index (χ0v) is 16.4. The molecule has 0 aliphatic carbocycles. The average Bonchev–Trinajstić information content (AvgIpc) is 2.40. The molecule has 0 saturated heterocycles. The van der Waals surface area contributed by atoms with E-state index in [1.165, 1.54) is 0 Å². The molecule has 0 heterocycles. The van der Waals surface area contributed by atoms with E-state index in [1.54, 1.807) is 0 Å². The van der Waals surface area contributed by atoms with Gasteiger partial charge in [0.25, 0.3) is 0 Å². The first-order valence-electron chi connectivity index (χ1n) is 7.84. The Morgan fingerprint density at radius 3 is 1.52 bits per heavy atom. The Balaban J connectivity index is -0.000000300. The summed E-state index contributed by atoms with van der Waals surface area (Å²) < 4.78 is 0. The maximum absolute atomic E-state index is 4.28. The molecule has 0 aromatic rings. The second-order valence-corrected chi connectivity index (χ2v) is 5.89. The van der Waals surface area contributed by atoms with Crippen LogP contribution >= 0.6 is 0 Å². The third-order valence-electron chi connectivity index (χ3n) is 3.09. The minimum atomic E-state index is 0. The Kier molecular flexibility index (Phi) is 20.9. The van der Waals surface area contributed by atoms with Gasteiger partial charge in [0.1, 0.15) is 0 Å². The summed E-state index contributed by atoms with van der Waals surface area (Å²) in [6.07, 6.45) is 3.41. The van der Waals surface area contributed by atoms with Crippen LogP contribution in [0.4, 0.5) is 0 Å². The van der Waals surface area contributed by atoms with Gasteiger partial charge in [0, 0.05) is 16.8 Å². The summed E-state index contributed by atoms with van der Waals surface area (Å²) in [6, 6.07) is 1.03. The predicted molar refractivity (Wildman–Crippen MR) is 93.2 cm³/mol. The van der Waals surface area contributed by atoms with Gasteiger partial charge in [-0.1, -0.05) is 60.8 Å². The zero-order valence-electron chi connectivity index (χ0n) is 15.3. The molecule has 0 aromatic carbocycles. The molecule has 5 heteroatoms. The van der Waals surface area contributed by atoms with Crippen LogP contribution in [-0.2, 0) is 16.8 Å². The van der Waals surface area contributed by atoms with Crippen LogP contribution in [0.15, 0.2) is 0 Å². The molecule has 4 nitrogen and oxygen atoms in total. The van der Waals surface area contributed by atoms with Crippen LogP contribution in [0.3, 0.4) is 0 Å². The summed E-state index contributed by atoms with van der Waals surface area (Å²) in [4.78, 5) is 0. The molecule has 0 amide bonds. The molecule has 1 radical (unpaired) electrons. The van der Waals surface area contributed by atoms with Crippen molar-refractivity contribution in [2.24, 2.45) is 0 Å². The fourth-order valence-corrected chi connectivity index (χ4v) is 1.59. The molecule has 0 aromatic heterocycles. The molecule has 0 rings (SSSR count). The number of hydrogen-bond acceptors (Lipinski definition) is 0. The van der Waals surface area contributed by atoms with E-state index in [-0.39, 0.29) is 22.3 Å². The number of rotatable bonds is 9. The standard InChI is InChI=1S/C9H20N2.C7H16N2.Co/c1-5-8(10-3)7-9(6-2)11-4;1-5-8-6-9-7(2,3)4;/h8-9H,5-7H2,1-4H3;5-6H2,1-4H3;/q2*-2;. The number of nitrogens with zero attached hydrogens (tertiary/aromatic N) is 4. The third kappa shape index (κ3) is 20.3. The summed E-state index contributed by atoms with van der Waals surface area (Å²) in [6.45, 7) is 14.2. The minimum absolute atomic E-state index is 0. The van der Waals surface area contributed by atoms with Crippen LogP contribution in [-0.4, -0.2) is 44.9 Å². The Morgan fingerprint density at radius 2 is 1.29 bits per heavy atom. The van der Waals surface area contributed by atoms with E-state index in [2.05, 4.69) is 55.9 Å². The molecule has 0 aliphatic heterocycles. The van der Waals surface area contributed by atoms with Crippen molar-refractivity contribution in [2.45, 2.75) is 78.4 Å². The molecule has 0 N–H and O–H groups in total. The van der Waals surface area contributed by atoms with Crippen molar-refractivity contribution in [3.8, 4) is 0 Å². The molecule has 0 fully saturated rings. The second kappa shape index (κ2) is 16.7. The van der Waals surface area contributed by atoms with Gasteiger partial charge in [0.15, 0.2) is 0 Å². The van der Waals surface area contributed by atoms with Gasteiger partial charge in [-0.3, -0.25) is 6.67 Å². The topological polar surface area (TPSA) is 56.4 Å². The zero-order chi connectivity index (χ0) is 16.0. The maximum Gasteiger partial charge on any atom is 0 e. The smallest absolute Gasteiger partial charge is 0 e. The van der Waals surface area contributed by atoms with Crippen molar-refractivity contribution in [1.29, 1.82) is 0 Å². The minimum Gasteiger partial charge on any atom is -0.681 e. The van der Waals surface area contributed by atoms with Gasteiger partial charge < -0.3 is 21.3 Å². The van der Waals surface area contributed by atoms with Crippen LogP contribution in [0.1, 0.15) is 60.8 Å².